The van der Waals surface area contributed by atoms with E-state index in [0.29, 0.717) is 24.1 Å². The number of hydrogen-bond donors (Lipinski definition) is 1. The second kappa shape index (κ2) is 11.4. The molecule has 1 radical (unpaired) electrons. The van der Waals surface area contributed by atoms with E-state index in [4.69, 9.17) is 0 Å². The zero-order chi connectivity index (χ0) is 25.2. The molecule has 11 heteroatoms. The van der Waals surface area contributed by atoms with E-state index in [1.807, 2.05) is 6.92 Å². The fourth-order valence-corrected chi connectivity index (χ4v) is 4.30. The summed E-state index contributed by atoms with van der Waals surface area (Å²) in [5.74, 6) is -1.26. The number of nitrogens with one attached hydrogen (secondary N) is 1. The Balaban J connectivity index is 0.00000361. The minimum Gasteiger partial charge on any atom is -0.540 e. The molecule has 36 heavy (non-hydrogen) atoms. The molecule has 1 aliphatic heterocycles. The minimum atomic E-state index is -4.44. The third-order valence-electron chi connectivity index (χ3n) is 5.98. The molecule has 0 amide bonds. The summed E-state index contributed by atoms with van der Waals surface area (Å²) in [4.78, 5) is 21.2. The van der Waals surface area contributed by atoms with Crippen LogP contribution in [0.5, 0.6) is 0 Å². The molecule has 0 saturated carbocycles. The van der Waals surface area contributed by atoms with Gasteiger partial charge >= 0.3 is 6.18 Å². The number of aromatic nitrogens is 2. The van der Waals surface area contributed by atoms with Crippen molar-refractivity contribution >= 4 is 17.9 Å². The Hall–Kier alpha value is -2.90. The fraction of sp³-hybridized carbons (Fsp3) is 0.320. The predicted molar refractivity (Wildman–Crippen MR) is 121 cm³/mol. The molecule has 0 bridgehead atoms. The number of halogens is 5. The SMILES string of the molecule is CC1CC(c2ccc(C(F)(F)F)cc2)N(c2ncnc(N[C@@H]([C-]=O)Cc3ccc(F)cc3)c2F)C1.[Re]. The summed E-state index contributed by atoms with van der Waals surface area (Å²) in [5.41, 5.74) is 0.513. The van der Waals surface area contributed by atoms with Crippen molar-refractivity contribution in [1.82, 2.24) is 9.97 Å². The van der Waals surface area contributed by atoms with Gasteiger partial charge in [0.05, 0.1) is 11.6 Å². The first-order valence-electron chi connectivity index (χ1n) is 11.0. The van der Waals surface area contributed by atoms with Crippen LogP contribution in [-0.4, -0.2) is 28.8 Å². The first-order valence-corrected chi connectivity index (χ1v) is 11.0. The van der Waals surface area contributed by atoms with E-state index >= 15 is 4.39 Å². The Kier molecular flexibility index (Phi) is 8.80. The van der Waals surface area contributed by atoms with Crippen molar-refractivity contribution in [2.75, 3.05) is 16.8 Å². The molecule has 4 rings (SSSR count). The fourth-order valence-electron chi connectivity index (χ4n) is 4.30. The van der Waals surface area contributed by atoms with Crippen LogP contribution in [0.4, 0.5) is 33.6 Å². The third-order valence-corrected chi connectivity index (χ3v) is 5.98. The van der Waals surface area contributed by atoms with Gasteiger partial charge in [0.2, 0.25) is 5.82 Å². The number of nitrogens with zero attached hydrogens (tertiary/aromatic N) is 3. The van der Waals surface area contributed by atoms with Gasteiger partial charge in [0, 0.05) is 27.0 Å². The normalized spacial score (nSPS) is 18.4. The summed E-state index contributed by atoms with van der Waals surface area (Å²) >= 11 is 0. The van der Waals surface area contributed by atoms with Gasteiger partial charge in [-0.1, -0.05) is 37.2 Å². The summed E-state index contributed by atoms with van der Waals surface area (Å²) < 4.78 is 67.5. The second-order valence-corrected chi connectivity index (χ2v) is 8.63. The molecule has 3 atom stereocenters. The Morgan fingerprint density at radius 1 is 1.08 bits per heavy atom. The Labute approximate surface area is 218 Å². The van der Waals surface area contributed by atoms with Crippen LogP contribution in [-0.2, 0) is 37.8 Å². The molecule has 3 aromatic rings. The van der Waals surface area contributed by atoms with E-state index in [1.165, 1.54) is 36.4 Å². The second-order valence-electron chi connectivity index (χ2n) is 8.63. The molecular formula is C25H22F5N4ORe-. The molecule has 1 aromatic heterocycles. The summed E-state index contributed by atoms with van der Waals surface area (Å²) in [6.07, 6.45) is -0.742. The number of alkyl halides is 3. The molecule has 5 nitrogen and oxygen atoms in total. The van der Waals surface area contributed by atoms with Crippen molar-refractivity contribution in [2.24, 2.45) is 5.92 Å². The van der Waals surface area contributed by atoms with Gasteiger partial charge in [-0.05, 0) is 54.2 Å². The molecule has 0 spiro atoms. The van der Waals surface area contributed by atoms with Crippen LogP contribution in [0.3, 0.4) is 0 Å². The monoisotopic (exact) mass is 676 g/mol. The van der Waals surface area contributed by atoms with E-state index in [0.717, 1.165) is 18.5 Å². The topological polar surface area (TPSA) is 58.1 Å². The van der Waals surface area contributed by atoms with Gasteiger partial charge < -0.3 is 15.0 Å². The van der Waals surface area contributed by atoms with E-state index in [9.17, 15) is 22.4 Å². The van der Waals surface area contributed by atoms with Crippen LogP contribution in [0.25, 0.3) is 0 Å². The van der Waals surface area contributed by atoms with Gasteiger partial charge in [-0.25, -0.2) is 20.6 Å². The predicted octanol–water partition coefficient (Wildman–Crippen LogP) is 5.49. The number of carbonyl (C=O) groups excluding carboxylic acids is 1. The maximum atomic E-state index is 15.5. The van der Waals surface area contributed by atoms with Crippen molar-refractivity contribution in [1.29, 1.82) is 0 Å². The Morgan fingerprint density at radius 2 is 1.75 bits per heavy atom. The van der Waals surface area contributed by atoms with Crippen molar-refractivity contribution in [3.63, 3.8) is 0 Å². The van der Waals surface area contributed by atoms with Crippen LogP contribution in [0.15, 0.2) is 54.9 Å². The molecule has 2 unspecified atom stereocenters. The molecule has 1 fully saturated rings. The first-order chi connectivity index (χ1) is 16.7. The third kappa shape index (κ3) is 6.26. The number of hydrogen-bond acceptors (Lipinski definition) is 5. The van der Waals surface area contributed by atoms with Crippen LogP contribution < -0.4 is 10.2 Å². The summed E-state index contributed by atoms with van der Waals surface area (Å²) in [7, 11) is 0. The molecule has 1 N–H and O–H groups in total. The van der Waals surface area contributed by atoms with E-state index in [-0.39, 0.29) is 50.4 Å². The van der Waals surface area contributed by atoms with E-state index in [1.54, 1.807) is 11.2 Å². The van der Waals surface area contributed by atoms with Crippen LogP contribution >= 0.6 is 0 Å². The number of rotatable bonds is 7. The van der Waals surface area contributed by atoms with Gasteiger partial charge in [0.25, 0.3) is 0 Å². The maximum Gasteiger partial charge on any atom is 0.416 e. The molecule has 2 aromatic carbocycles. The zero-order valence-corrected chi connectivity index (χ0v) is 21.8. The van der Waals surface area contributed by atoms with Crippen LogP contribution in [0.2, 0.25) is 0 Å². The number of benzene rings is 2. The van der Waals surface area contributed by atoms with Crippen molar-refractivity contribution in [2.45, 2.75) is 38.0 Å². The summed E-state index contributed by atoms with van der Waals surface area (Å²) in [5, 5.41) is 2.72. The van der Waals surface area contributed by atoms with Gasteiger partial charge in [-0.3, -0.25) is 0 Å². The van der Waals surface area contributed by atoms with Crippen LogP contribution in [0.1, 0.15) is 36.1 Å². The largest absolute Gasteiger partial charge is 0.540 e. The first kappa shape index (κ1) is 27.7. The standard InChI is InChI=1S/C25H22F5N4O.Re/c1-15-10-21(17-4-6-18(7-5-17)25(28,29)30)34(12-15)24-22(27)23(31-14-32-24)33-20(13-35)11-16-2-8-19(26)9-3-16;/h2-9,14-15,20-21H,10-12H2,1H3,(H,31,32,33);/q-1;/t15?,20-,21?;/m1./s1. The molecule has 2 heterocycles. The Morgan fingerprint density at radius 3 is 2.36 bits per heavy atom. The van der Waals surface area contributed by atoms with E-state index in [2.05, 4.69) is 15.3 Å². The molecule has 0 aliphatic carbocycles. The zero-order valence-electron chi connectivity index (χ0n) is 19.1. The average Bonchev–Trinajstić information content (AvgIpc) is 3.22. The molecule has 1 saturated heterocycles. The number of anilines is 2. The average molecular weight is 676 g/mol. The van der Waals surface area contributed by atoms with Gasteiger partial charge in [0.15, 0.2) is 11.6 Å². The van der Waals surface area contributed by atoms with Gasteiger partial charge in [-0.2, -0.15) is 17.6 Å². The Bertz CT molecular complexity index is 1170. The quantitative estimate of drug-likeness (QED) is 0.265. The molecular weight excluding hydrogens is 653 g/mol. The van der Waals surface area contributed by atoms with Crippen LogP contribution in [0, 0.1) is 17.6 Å². The molecule has 1 aliphatic rings. The molecule has 191 valence electrons. The van der Waals surface area contributed by atoms with Crippen molar-refractivity contribution in [3.8, 4) is 0 Å². The summed E-state index contributed by atoms with van der Waals surface area (Å²) in [6, 6.07) is 9.06. The van der Waals surface area contributed by atoms with Crippen molar-refractivity contribution < 1.29 is 47.2 Å². The maximum absolute atomic E-state index is 15.5. The smallest absolute Gasteiger partial charge is 0.416 e. The van der Waals surface area contributed by atoms with Gasteiger partial charge in [0.1, 0.15) is 12.1 Å². The summed E-state index contributed by atoms with van der Waals surface area (Å²) in [6.45, 7) is 2.41. The van der Waals surface area contributed by atoms with E-state index < -0.39 is 29.4 Å². The van der Waals surface area contributed by atoms with Crippen molar-refractivity contribution in [3.05, 3.63) is 83.2 Å². The minimum absolute atomic E-state index is 0. The van der Waals surface area contributed by atoms with Gasteiger partial charge in [-0.15, -0.1) is 0 Å².